The Morgan fingerprint density at radius 3 is 2.34 bits per heavy atom. The number of hydrogen-bond acceptors (Lipinski definition) is 3. The molecule has 2 aromatic heterocycles. The number of alkyl halides is 3. The van der Waals surface area contributed by atoms with E-state index in [4.69, 9.17) is 23.2 Å². The molecule has 0 saturated carbocycles. The average Bonchev–Trinajstić information content (AvgIpc) is 3.00. The molecule has 0 saturated heterocycles. The number of halogens is 5. The Labute approximate surface area is 174 Å². The SMILES string of the molecule is Cc1cccc(-c2nc3nc(Cl)nc(Cl)c3n2Cc2ccc(C(F)(F)F)cc2)c1. The molecule has 2 heterocycles. The molecule has 0 aliphatic rings. The van der Waals surface area contributed by atoms with Crippen LogP contribution in [0.3, 0.4) is 0 Å². The van der Waals surface area contributed by atoms with Gasteiger partial charge in [-0.25, -0.2) is 9.97 Å². The molecule has 2 aromatic carbocycles. The molecule has 0 N–H and O–H groups in total. The van der Waals surface area contributed by atoms with Gasteiger partial charge in [-0.05, 0) is 42.3 Å². The topological polar surface area (TPSA) is 43.6 Å². The molecule has 4 aromatic rings. The summed E-state index contributed by atoms with van der Waals surface area (Å²) in [5.74, 6) is 0.571. The zero-order chi connectivity index (χ0) is 20.8. The van der Waals surface area contributed by atoms with Crippen LogP contribution in [0.5, 0.6) is 0 Å². The second-order valence-electron chi connectivity index (χ2n) is 6.54. The predicted octanol–water partition coefficient (Wildman–Crippen LogP) is 6.18. The van der Waals surface area contributed by atoms with Gasteiger partial charge in [0.1, 0.15) is 11.3 Å². The van der Waals surface area contributed by atoms with Gasteiger partial charge >= 0.3 is 6.18 Å². The number of benzene rings is 2. The quantitative estimate of drug-likeness (QED) is 0.284. The predicted molar refractivity (Wildman–Crippen MR) is 106 cm³/mol. The molecule has 4 rings (SSSR count). The van der Waals surface area contributed by atoms with Crippen molar-refractivity contribution in [2.75, 3.05) is 0 Å². The van der Waals surface area contributed by atoms with Crippen molar-refractivity contribution < 1.29 is 13.2 Å². The third-order valence-electron chi connectivity index (χ3n) is 4.43. The van der Waals surface area contributed by atoms with Crippen molar-refractivity contribution in [2.45, 2.75) is 19.6 Å². The van der Waals surface area contributed by atoms with Gasteiger partial charge in [0, 0.05) is 12.1 Å². The van der Waals surface area contributed by atoms with E-state index in [2.05, 4.69) is 15.0 Å². The second-order valence-corrected chi connectivity index (χ2v) is 7.24. The molecule has 0 atom stereocenters. The fraction of sp³-hybridized carbons (Fsp3) is 0.150. The fourth-order valence-corrected chi connectivity index (χ4v) is 3.58. The summed E-state index contributed by atoms with van der Waals surface area (Å²) < 4.78 is 40.4. The van der Waals surface area contributed by atoms with E-state index in [1.807, 2.05) is 31.2 Å². The summed E-state index contributed by atoms with van der Waals surface area (Å²) in [5, 5.41) is 0.0933. The van der Waals surface area contributed by atoms with Crippen molar-refractivity contribution >= 4 is 34.4 Å². The van der Waals surface area contributed by atoms with Crippen LogP contribution >= 0.6 is 23.2 Å². The number of aryl methyl sites for hydroxylation is 1. The Bertz CT molecular complexity index is 1200. The summed E-state index contributed by atoms with van der Waals surface area (Å²) in [5.41, 5.74) is 2.58. The summed E-state index contributed by atoms with van der Waals surface area (Å²) in [4.78, 5) is 12.7. The van der Waals surface area contributed by atoms with Gasteiger partial charge in [0.15, 0.2) is 10.8 Å². The lowest BCUT2D eigenvalue weighted by Gasteiger charge is -2.12. The number of nitrogens with zero attached hydrogens (tertiary/aromatic N) is 4. The minimum absolute atomic E-state index is 0.0301. The summed E-state index contributed by atoms with van der Waals surface area (Å²) in [6.45, 7) is 2.19. The molecule has 4 nitrogen and oxygen atoms in total. The molecule has 0 aliphatic heterocycles. The highest BCUT2D eigenvalue weighted by Gasteiger charge is 2.30. The van der Waals surface area contributed by atoms with E-state index in [-0.39, 0.29) is 17.0 Å². The summed E-state index contributed by atoms with van der Waals surface area (Å²) >= 11 is 12.2. The largest absolute Gasteiger partial charge is 0.416 e. The minimum Gasteiger partial charge on any atom is -0.316 e. The Morgan fingerprint density at radius 2 is 1.69 bits per heavy atom. The molecule has 148 valence electrons. The lowest BCUT2D eigenvalue weighted by molar-refractivity contribution is -0.137. The maximum atomic E-state index is 12.9. The van der Waals surface area contributed by atoms with Crippen LogP contribution in [0.15, 0.2) is 48.5 Å². The van der Waals surface area contributed by atoms with E-state index in [1.165, 1.54) is 12.1 Å². The number of fused-ring (bicyclic) bond motifs is 1. The van der Waals surface area contributed by atoms with Gasteiger partial charge < -0.3 is 4.57 Å². The Morgan fingerprint density at radius 1 is 0.966 bits per heavy atom. The third-order valence-corrected chi connectivity index (χ3v) is 4.86. The number of aromatic nitrogens is 4. The van der Waals surface area contributed by atoms with Crippen molar-refractivity contribution in [3.8, 4) is 11.4 Å². The molecule has 0 spiro atoms. The summed E-state index contributed by atoms with van der Waals surface area (Å²) in [7, 11) is 0. The van der Waals surface area contributed by atoms with Gasteiger partial charge in [0.2, 0.25) is 5.28 Å². The van der Waals surface area contributed by atoms with E-state index in [0.717, 1.165) is 23.3 Å². The highest BCUT2D eigenvalue weighted by molar-refractivity contribution is 6.35. The average molecular weight is 437 g/mol. The first kappa shape index (κ1) is 19.7. The number of rotatable bonds is 3. The smallest absolute Gasteiger partial charge is 0.316 e. The molecule has 0 radical (unpaired) electrons. The van der Waals surface area contributed by atoms with Crippen LogP contribution in [0.2, 0.25) is 10.4 Å². The first-order chi connectivity index (χ1) is 13.7. The maximum Gasteiger partial charge on any atom is 0.416 e. The van der Waals surface area contributed by atoms with Gasteiger partial charge in [0.25, 0.3) is 0 Å². The third kappa shape index (κ3) is 3.93. The highest BCUT2D eigenvalue weighted by atomic mass is 35.5. The van der Waals surface area contributed by atoms with Gasteiger partial charge in [-0.1, -0.05) is 47.5 Å². The summed E-state index contributed by atoms with van der Waals surface area (Å²) in [6, 6.07) is 12.7. The van der Waals surface area contributed by atoms with Gasteiger partial charge in [-0.15, -0.1) is 0 Å². The maximum absolute atomic E-state index is 12.9. The van der Waals surface area contributed by atoms with Gasteiger partial charge in [-0.3, -0.25) is 0 Å². The first-order valence-corrected chi connectivity index (χ1v) is 9.30. The van der Waals surface area contributed by atoms with E-state index < -0.39 is 11.7 Å². The van der Waals surface area contributed by atoms with Gasteiger partial charge in [-0.2, -0.15) is 18.2 Å². The van der Waals surface area contributed by atoms with E-state index in [0.29, 0.717) is 22.6 Å². The van der Waals surface area contributed by atoms with Crippen LogP contribution in [-0.4, -0.2) is 19.5 Å². The Kier molecular flexibility index (Phi) is 4.96. The molecule has 0 aliphatic carbocycles. The molecular formula is C20H13Cl2F3N4. The van der Waals surface area contributed by atoms with Crippen molar-refractivity contribution in [3.63, 3.8) is 0 Å². The fourth-order valence-electron chi connectivity index (χ4n) is 3.11. The van der Waals surface area contributed by atoms with Crippen LogP contribution < -0.4 is 0 Å². The van der Waals surface area contributed by atoms with Crippen LogP contribution in [-0.2, 0) is 12.7 Å². The molecule has 0 amide bonds. The Balaban J connectivity index is 1.86. The van der Waals surface area contributed by atoms with Gasteiger partial charge in [0.05, 0.1) is 5.56 Å². The molecule has 29 heavy (non-hydrogen) atoms. The molecule has 9 heteroatoms. The monoisotopic (exact) mass is 436 g/mol. The summed E-state index contributed by atoms with van der Waals surface area (Å²) in [6.07, 6.45) is -4.39. The molecular weight excluding hydrogens is 424 g/mol. The molecule has 0 bridgehead atoms. The minimum atomic E-state index is -4.39. The number of hydrogen-bond donors (Lipinski definition) is 0. The number of imidazole rings is 1. The van der Waals surface area contributed by atoms with Crippen LogP contribution in [0, 0.1) is 6.92 Å². The van der Waals surface area contributed by atoms with Crippen LogP contribution in [0.25, 0.3) is 22.6 Å². The molecule has 0 fully saturated rings. The lowest BCUT2D eigenvalue weighted by Crippen LogP contribution is -2.06. The van der Waals surface area contributed by atoms with Crippen molar-refractivity contribution in [3.05, 3.63) is 75.7 Å². The first-order valence-electron chi connectivity index (χ1n) is 8.55. The molecule has 0 unspecified atom stereocenters. The highest BCUT2D eigenvalue weighted by Crippen LogP contribution is 2.32. The normalized spacial score (nSPS) is 11.9. The van der Waals surface area contributed by atoms with Crippen LogP contribution in [0.1, 0.15) is 16.7 Å². The Hall–Kier alpha value is -2.64. The standard InChI is InChI=1S/C20H13Cl2F3N4/c1-11-3-2-4-13(9-11)18-27-17-15(16(21)26-19(22)28-17)29(18)10-12-5-7-14(8-6-12)20(23,24)25/h2-9H,10H2,1H3. The van der Waals surface area contributed by atoms with E-state index in [9.17, 15) is 13.2 Å². The van der Waals surface area contributed by atoms with Crippen molar-refractivity contribution in [1.29, 1.82) is 0 Å². The zero-order valence-corrected chi connectivity index (χ0v) is 16.5. The van der Waals surface area contributed by atoms with Crippen molar-refractivity contribution in [1.82, 2.24) is 19.5 Å². The van der Waals surface area contributed by atoms with E-state index >= 15 is 0 Å². The van der Waals surface area contributed by atoms with Crippen molar-refractivity contribution in [2.24, 2.45) is 0 Å². The second kappa shape index (κ2) is 7.31. The zero-order valence-electron chi connectivity index (χ0n) is 15.0. The van der Waals surface area contributed by atoms with Crippen LogP contribution in [0.4, 0.5) is 13.2 Å². The van der Waals surface area contributed by atoms with E-state index in [1.54, 1.807) is 4.57 Å². The lowest BCUT2D eigenvalue weighted by atomic mass is 10.1.